The maximum absolute atomic E-state index is 10.4. The molecule has 5 heavy (non-hydrogen) atoms. The molecule has 0 bridgehead atoms. The van der Waals surface area contributed by atoms with Crippen LogP contribution in [0, 0.1) is 0 Å². The zero-order valence-electron chi connectivity index (χ0n) is 2.94. The first-order valence-electron chi connectivity index (χ1n) is 1.30. The summed E-state index contributed by atoms with van der Waals surface area (Å²) in [4.78, 5) is 3.01. The van der Waals surface area contributed by atoms with Crippen LogP contribution in [0.1, 0.15) is 6.92 Å². The van der Waals surface area contributed by atoms with E-state index in [9.17, 15) is 4.53 Å². The summed E-state index contributed by atoms with van der Waals surface area (Å²) in [5, 5.41) is 0. The number of hydrogen-bond donors (Lipinski definition) is 0. The highest BCUT2D eigenvalue weighted by Gasteiger charge is 1.53. The number of rotatable bonds is 1. The molecule has 1 nitrogen and oxygen atoms in total. The topological polar surface area (TPSA) is 9.23 Å². The molecule has 0 aromatic rings. The fourth-order valence-electron chi connectivity index (χ4n) is 0.0514. The van der Waals surface area contributed by atoms with E-state index < -0.39 is 0 Å². The molecule has 0 aromatic heterocycles. The molecule has 2 heteroatoms. The van der Waals surface area contributed by atoms with E-state index in [1.54, 1.807) is 6.92 Å². The molecule has 0 aliphatic rings. The first kappa shape index (κ1) is 4.47. The normalized spacial score (nSPS) is 9.20. The zero-order chi connectivity index (χ0) is 4.12. The maximum Gasteiger partial charge on any atom is 0.131 e. The molecule has 0 atom stereocenters. The quantitative estimate of drug-likeness (QED) is 0.429. The number of allylic oxidation sites excluding steroid dienone is 1. The average molecular weight is 76.1 g/mol. The van der Waals surface area contributed by atoms with Gasteiger partial charge in [0.25, 0.3) is 0 Å². The molecule has 0 rings (SSSR count). The Kier molecular flexibility index (Phi) is 3.10. The summed E-state index contributed by atoms with van der Waals surface area (Å²) in [6, 6.07) is 0. The van der Waals surface area contributed by atoms with E-state index in [1.165, 1.54) is 6.08 Å². The molecule has 0 N–H and O–H groups in total. The van der Waals surface area contributed by atoms with E-state index in [2.05, 4.69) is 4.94 Å². The van der Waals surface area contributed by atoms with E-state index in [0.717, 1.165) is 6.26 Å². The third kappa shape index (κ3) is 3.47. The predicted octanol–water partition coefficient (Wildman–Crippen LogP) is 1.42. The van der Waals surface area contributed by atoms with Crippen molar-refractivity contribution in [2.75, 3.05) is 0 Å². The molecular formula is C3H5FO. The van der Waals surface area contributed by atoms with Gasteiger partial charge in [0, 0.05) is 4.53 Å². The van der Waals surface area contributed by atoms with Crippen molar-refractivity contribution in [2.24, 2.45) is 0 Å². The van der Waals surface area contributed by atoms with Crippen LogP contribution in [-0.4, -0.2) is 0 Å². The monoisotopic (exact) mass is 76.0 g/mol. The fraction of sp³-hybridized carbons (Fsp3) is 0.333. The van der Waals surface area contributed by atoms with Crippen LogP contribution in [0.15, 0.2) is 12.3 Å². The second-order valence-corrected chi connectivity index (χ2v) is 0.559. The van der Waals surface area contributed by atoms with E-state index in [4.69, 9.17) is 0 Å². The smallest absolute Gasteiger partial charge is 0.131 e. The maximum atomic E-state index is 10.4. The van der Waals surface area contributed by atoms with Gasteiger partial charge in [-0.1, -0.05) is 0 Å². The molecular weight excluding hydrogens is 71.0 g/mol. The van der Waals surface area contributed by atoms with Crippen molar-refractivity contribution in [1.29, 1.82) is 0 Å². The van der Waals surface area contributed by atoms with Crippen LogP contribution in [-0.2, 0) is 4.94 Å². The summed E-state index contributed by atoms with van der Waals surface area (Å²) in [6.45, 7) is 1.67. The predicted molar refractivity (Wildman–Crippen MR) is 17.0 cm³/mol. The SMILES string of the molecule is C/C=C/OF. The van der Waals surface area contributed by atoms with E-state index >= 15 is 0 Å². The summed E-state index contributed by atoms with van der Waals surface area (Å²) in [5.74, 6) is 0. The van der Waals surface area contributed by atoms with Gasteiger partial charge in [0.05, 0.1) is 0 Å². The van der Waals surface area contributed by atoms with Gasteiger partial charge in [-0.25, -0.2) is 0 Å². The van der Waals surface area contributed by atoms with Gasteiger partial charge in [0.1, 0.15) is 6.26 Å². The highest BCUT2D eigenvalue weighted by Crippen LogP contribution is 1.71. The van der Waals surface area contributed by atoms with Crippen molar-refractivity contribution in [3.05, 3.63) is 12.3 Å². The summed E-state index contributed by atoms with van der Waals surface area (Å²) in [5.41, 5.74) is 0. The molecule has 0 saturated carbocycles. The van der Waals surface area contributed by atoms with Gasteiger partial charge < -0.3 is 4.94 Å². The Hall–Kier alpha value is -0.530. The minimum absolute atomic E-state index is 0.958. The molecule has 0 saturated heterocycles. The Bertz CT molecular complexity index is 33.9. The van der Waals surface area contributed by atoms with Crippen molar-refractivity contribution in [3.63, 3.8) is 0 Å². The van der Waals surface area contributed by atoms with Crippen LogP contribution in [0.5, 0.6) is 0 Å². The molecule has 0 aromatic carbocycles. The Morgan fingerprint density at radius 2 is 2.40 bits per heavy atom. The Morgan fingerprint density at radius 3 is 2.40 bits per heavy atom. The van der Waals surface area contributed by atoms with Crippen LogP contribution in [0.2, 0.25) is 0 Å². The van der Waals surface area contributed by atoms with Gasteiger partial charge in [-0.2, -0.15) is 0 Å². The van der Waals surface area contributed by atoms with Crippen molar-refractivity contribution in [1.82, 2.24) is 0 Å². The van der Waals surface area contributed by atoms with Crippen molar-refractivity contribution >= 4 is 0 Å². The summed E-state index contributed by atoms with van der Waals surface area (Å²) in [6.07, 6.45) is 2.42. The standard InChI is InChI=1S/C3H5FO/c1-2-3-5-4/h2-3H,1H3/b3-2+. The van der Waals surface area contributed by atoms with Gasteiger partial charge in [-0.3, -0.25) is 0 Å². The number of halogens is 1. The second kappa shape index (κ2) is 3.47. The molecule has 0 amide bonds. The largest absolute Gasteiger partial charge is 0.303 e. The molecule has 30 valence electrons. The number of hydrogen-bond acceptors (Lipinski definition) is 1. The average Bonchev–Trinajstić information content (AvgIpc) is 1.41. The molecule has 0 heterocycles. The van der Waals surface area contributed by atoms with Crippen LogP contribution >= 0.6 is 0 Å². The van der Waals surface area contributed by atoms with Crippen LogP contribution < -0.4 is 0 Å². The first-order chi connectivity index (χ1) is 2.41. The van der Waals surface area contributed by atoms with Crippen molar-refractivity contribution < 1.29 is 9.47 Å². The molecule has 0 aliphatic carbocycles. The van der Waals surface area contributed by atoms with Crippen LogP contribution in [0.4, 0.5) is 4.53 Å². The highest BCUT2D eigenvalue weighted by atomic mass is 19.3. The molecule has 0 radical (unpaired) electrons. The lowest BCUT2D eigenvalue weighted by Gasteiger charge is -1.67. The van der Waals surface area contributed by atoms with Gasteiger partial charge >= 0.3 is 0 Å². The minimum Gasteiger partial charge on any atom is -0.303 e. The minimum atomic E-state index is 0.958. The zero-order valence-corrected chi connectivity index (χ0v) is 2.94. The van der Waals surface area contributed by atoms with Crippen molar-refractivity contribution in [2.45, 2.75) is 6.92 Å². The highest BCUT2D eigenvalue weighted by molar-refractivity contribution is 4.62. The lowest BCUT2D eigenvalue weighted by molar-refractivity contribution is -0.0619. The van der Waals surface area contributed by atoms with Crippen molar-refractivity contribution in [3.8, 4) is 0 Å². The molecule has 0 fully saturated rings. The second-order valence-electron chi connectivity index (χ2n) is 0.559. The van der Waals surface area contributed by atoms with Gasteiger partial charge in [0.2, 0.25) is 0 Å². The lowest BCUT2D eigenvalue weighted by atomic mass is 10.8. The fourth-order valence-corrected chi connectivity index (χ4v) is 0.0514. The first-order valence-corrected chi connectivity index (χ1v) is 1.30. The molecule has 0 unspecified atom stereocenters. The summed E-state index contributed by atoms with van der Waals surface area (Å²) in [7, 11) is 0. The van der Waals surface area contributed by atoms with E-state index in [-0.39, 0.29) is 0 Å². The van der Waals surface area contributed by atoms with E-state index in [0.29, 0.717) is 0 Å². The van der Waals surface area contributed by atoms with Crippen LogP contribution in [0.25, 0.3) is 0 Å². The van der Waals surface area contributed by atoms with Gasteiger partial charge in [-0.05, 0) is 13.0 Å². The van der Waals surface area contributed by atoms with Crippen LogP contribution in [0.3, 0.4) is 0 Å². The Labute approximate surface area is 30.0 Å². The molecule has 0 spiro atoms. The lowest BCUT2D eigenvalue weighted by Crippen LogP contribution is -1.47. The summed E-state index contributed by atoms with van der Waals surface area (Å²) >= 11 is 0. The molecule has 0 aliphatic heterocycles. The van der Waals surface area contributed by atoms with Gasteiger partial charge in [0.15, 0.2) is 0 Å². The Morgan fingerprint density at radius 1 is 1.80 bits per heavy atom. The third-order valence-corrected chi connectivity index (χ3v) is 0.188. The van der Waals surface area contributed by atoms with Gasteiger partial charge in [-0.15, -0.1) is 0 Å². The third-order valence-electron chi connectivity index (χ3n) is 0.188. The van der Waals surface area contributed by atoms with E-state index in [1.807, 2.05) is 0 Å². The Balaban J connectivity index is 2.62. The summed E-state index contributed by atoms with van der Waals surface area (Å²) < 4.78 is 10.4.